The summed E-state index contributed by atoms with van der Waals surface area (Å²) in [6.07, 6.45) is 3.13. The van der Waals surface area contributed by atoms with Gasteiger partial charge in [-0.25, -0.2) is 0 Å². The third-order valence-electron chi connectivity index (χ3n) is 2.63. The Bertz CT molecular complexity index is 601. The van der Waals surface area contributed by atoms with Crippen LogP contribution in [0.2, 0.25) is 0 Å². The van der Waals surface area contributed by atoms with Gasteiger partial charge in [-0.1, -0.05) is 36.4 Å². The molecule has 0 fully saturated rings. The van der Waals surface area contributed by atoms with E-state index in [9.17, 15) is 9.90 Å². The summed E-state index contributed by atoms with van der Waals surface area (Å²) in [5.41, 5.74) is 1.34. The molecule has 0 bridgehead atoms. The molecular formula is C16H14O3. The highest BCUT2D eigenvalue weighted by Gasteiger charge is 2.01. The van der Waals surface area contributed by atoms with Crippen LogP contribution in [0.3, 0.4) is 0 Å². The first-order chi connectivity index (χ1) is 9.19. The van der Waals surface area contributed by atoms with Crippen LogP contribution in [-0.2, 0) is 0 Å². The van der Waals surface area contributed by atoms with Crippen LogP contribution in [0.5, 0.6) is 11.5 Å². The lowest BCUT2D eigenvalue weighted by Gasteiger charge is -2.02. The minimum absolute atomic E-state index is 0.0806. The zero-order valence-electron chi connectivity index (χ0n) is 10.5. The third-order valence-corrected chi connectivity index (χ3v) is 2.63. The number of phenolic OH excluding ortho intramolecular Hbond substituents is 1. The van der Waals surface area contributed by atoms with Crippen molar-refractivity contribution in [3.8, 4) is 11.5 Å². The van der Waals surface area contributed by atoms with Crippen LogP contribution >= 0.6 is 0 Å². The summed E-state index contributed by atoms with van der Waals surface area (Å²) in [5.74, 6) is 0.570. The molecule has 0 aliphatic rings. The van der Waals surface area contributed by atoms with Crippen molar-refractivity contribution in [2.45, 2.75) is 0 Å². The van der Waals surface area contributed by atoms with Gasteiger partial charge in [0.2, 0.25) is 0 Å². The average molecular weight is 254 g/mol. The Balaban J connectivity index is 2.19. The van der Waals surface area contributed by atoms with Gasteiger partial charge < -0.3 is 9.84 Å². The first-order valence-corrected chi connectivity index (χ1v) is 5.84. The molecule has 0 saturated carbocycles. The maximum absolute atomic E-state index is 11.9. The monoisotopic (exact) mass is 254 g/mol. The number of phenols is 1. The zero-order valence-corrected chi connectivity index (χ0v) is 10.5. The number of hydrogen-bond donors (Lipinski definition) is 1. The van der Waals surface area contributed by atoms with E-state index in [0.717, 1.165) is 0 Å². The van der Waals surface area contributed by atoms with Crippen LogP contribution < -0.4 is 4.74 Å². The summed E-state index contributed by atoms with van der Waals surface area (Å²) in [5, 5.41) is 9.51. The highest BCUT2D eigenvalue weighted by atomic mass is 16.5. The van der Waals surface area contributed by atoms with Crippen molar-refractivity contribution in [3.05, 3.63) is 65.7 Å². The normalized spacial score (nSPS) is 10.6. The van der Waals surface area contributed by atoms with Gasteiger partial charge in [0.05, 0.1) is 7.11 Å². The smallest absolute Gasteiger partial charge is 0.185 e. The number of rotatable bonds is 4. The molecule has 3 heteroatoms. The maximum Gasteiger partial charge on any atom is 0.185 e. The number of allylic oxidation sites excluding steroid dienone is 1. The lowest BCUT2D eigenvalue weighted by Crippen LogP contribution is -1.92. The summed E-state index contributed by atoms with van der Waals surface area (Å²) in [7, 11) is 1.53. The van der Waals surface area contributed by atoms with Gasteiger partial charge in [0, 0.05) is 11.6 Å². The fourth-order valence-electron chi connectivity index (χ4n) is 1.69. The minimum Gasteiger partial charge on any atom is -0.508 e. The van der Waals surface area contributed by atoms with Crippen LogP contribution in [0.25, 0.3) is 6.08 Å². The van der Waals surface area contributed by atoms with E-state index in [1.165, 1.54) is 19.3 Å². The molecule has 2 aromatic rings. The molecule has 3 nitrogen and oxygen atoms in total. The van der Waals surface area contributed by atoms with Crippen LogP contribution in [-0.4, -0.2) is 18.0 Å². The van der Waals surface area contributed by atoms with E-state index < -0.39 is 0 Å². The predicted molar refractivity (Wildman–Crippen MR) is 74.5 cm³/mol. The molecule has 96 valence electrons. The van der Waals surface area contributed by atoms with Crippen molar-refractivity contribution in [2.24, 2.45) is 0 Å². The summed E-state index contributed by atoms with van der Waals surface area (Å²) < 4.78 is 5.05. The molecule has 0 unspecified atom stereocenters. The summed E-state index contributed by atoms with van der Waals surface area (Å²) >= 11 is 0. The lowest BCUT2D eigenvalue weighted by atomic mass is 10.1. The number of ether oxygens (including phenoxy) is 1. The van der Waals surface area contributed by atoms with Gasteiger partial charge in [0.15, 0.2) is 5.78 Å². The van der Waals surface area contributed by atoms with Crippen molar-refractivity contribution in [1.82, 2.24) is 0 Å². The first kappa shape index (κ1) is 12.9. The van der Waals surface area contributed by atoms with Gasteiger partial charge in [-0.15, -0.1) is 0 Å². The van der Waals surface area contributed by atoms with Crippen molar-refractivity contribution in [3.63, 3.8) is 0 Å². The second-order valence-corrected chi connectivity index (χ2v) is 4.03. The number of carbonyl (C=O) groups excluding carboxylic acids is 1. The number of benzene rings is 2. The average Bonchev–Trinajstić information content (AvgIpc) is 2.45. The van der Waals surface area contributed by atoms with Gasteiger partial charge in [0.1, 0.15) is 11.5 Å². The number of ketones is 1. The van der Waals surface area contributed by atoms with Crippen molar-refractivity contribution >= 4 is 11.9 Å². The van der Waals surface area contributed by atoms with Gasteiger partial charge in [-0.05, 0) is 23.8 Å². The molecule has 19 heavy (non-hydrogen) atoms. The Morgan fingerprint density at radius 1 is 1.16 bits per heavy atom. The summed E-state index contributed by atoms with van der Waals surface area (Å²) in [4.78, 5) is 11.9. The summed E-state index contributed by atoms with van der Waals surface area (Å²) in [6, 6.07) is 13.8. The Hall–Kier alpha value is -2.55. The molecule has 0 spiro atoms. The van der Waals surface area contributed by atoms with E-state index in [4.69, 9.17) is 4.74 Å². The molecule has 0 aromatic heterocycles. The number of methoxy groups -OCH3 is 1. The van der Waals surface area contributed by atoms with E-state index in [1.807, 2.05) is 18.2 Å². The first-order valence-electron chi connectivity index (χ1n) is 5.84. The van der Waals surface area contributed by atoms with Crippen LogP contribution in [0.4, 0.5) is 0 Å². The van der Waals surface area contributed by atoms with Gasteiger partial charge in [-0.3, -0.25) is 4.79 Å². The van der Waals surface area contributed by atoms with Crippen molar-refractivity contribution in [1.29, 1.82) is 0 Å². The molecule has 0 atom stereocenters. The Labute approximate surface area is 111 Å². The minimum atomic E-state index is -0.0806. The predicted octanol–water partition coefficient (Wildman–Crippen LogP) is 3.30. The topological polar surface area (TPSA) is 46.5 Å². The molecule has 0 saturated heterocycles. The zero-order chi connectivity index (χ0) is 13.7. The quantitative estimate of drug-likeness (QED) is 0.672. The van der Waals surface area contributed by atoms with E-state index >= 15 is 0 Å². The molecule has 0 aliphatic heterocycles. The second-order valence-electron chi connectivity index (χ2n) is 4.03. The van der Waals surface area contributed by atoms with E-state index in [2.05, 4.69) is 0 Å². The Morgan fingerprint density at radius 3 is 2.58 bits per heavy atom. The molecule has 1 N–H and O–H groups in total. The van der Waals surface area contributed by atoms with Gasteiger partial charge >= 0.3 is 0 Å². The number of carbonyl (C=O) groups is 1. The molecular weight excluding hydrogens is 240 g/mol. The number of aromatic hydroxyl groups is 1. The Kier molecular flexibility index (Phi) is 3.98. The van der Waals surface area contributed by atoms with E-state index in [0.29, 0.717) is 16.9 Å². The second kappa shape index (κ2) is 5.87. The molecule has 0 aliphatic carbocycles. The SMILES string of the molecule is COc1cc(O)cc(C=CC(=O)c2ccccc2)c1. The fraction of sp³-hybridized carbons (Fsp3) is 0.0625. The van der Waals surface area contributed by atoms with Crippen LogP contribution in [0, 0.1) is 0 Å². The van der Waals surface area contributed by atoms with Gasteiger partial charge in [-0.2, -0.15) is 0 Å². The maximum atomic E-state index is 11.9. The van der Waals surface area contributed by atoms with Crippen molar-refractivity contribution in [2.75, 3.05) is 7.11 Å². The standard InChI is InChI=1S/C16H14O3/c1-19-15-10-12(9-14(17)11-15)7-8-16(18)13-5-3-2-4-6-13/h2-11,17H,1H3. The van der Waals surface area contributed by atoms with Gasteiger partial charge in [0.25, 0.3) is 0 Å². The van der Waals surface area contributed by atoms with Crippen LogP contribution in [0.15, 0.2) is 54.6 Å². The molecule has 0 radical (unpaired) electrons. The molecule has 0 heterocycles. The highest BCUT2D eigenvalue weighted by Crippen LogP contribution is 2.22. The lowest BCUT2D eigenvalue weighted by molar-refractivity contribution is 0.104. The number of hydrogen-bond acceptors (Lipinski definition) is 3. The third kappa shape index (κ3) is 3.45. The van der Waals surface area contributed by atoms with E-state index in [-0.39, 0.29) is 11.5 Å². The summed E-state index contributed by atoms with van der Waals surface area (Å²) in [6.45, 7) is 0. The van der Waals surface area contributed by atoms with Crippen LogP contribution in [0.1, 0.15) is 15.9 Å². The van der Waals surface area contributed by atoms with E-state index in [1.54, 1.807) is 30.3 Å². The largest absolute Gasteiger partial charge is 0.508 e. The highest BCUT2D eigenvalue weighted by molar-refractivity contribution is 6.06. The molecule has 2 aromatic carbocycles. The molecule has 2 rings (SSSR count). The fourth-order valence-corrected chi connectivity index (χ4v) is 1.69. The molecule has 0 amide bonds. The Morgan fingerprint density at radius 2 is 1.89 bits per heavy atom. The van der Waals surface area contributed by atoms with Crippen molar-refractivity contribution < 1.29 is 14.6 Å².